The second-order valence-corrected chi connectivity index (χ2v) is 9.65. The number of carbonyl (C=O) groups excluding carboxylic acids is 1. The van der Waals surface area contributed by atoms with Crippen LogP contribution in [-0.2, 0) is 0 Å². The maximum Gasteiger partial charge on any atom is 0.257 e. The van der Waals surface area contributed by atoms with Crippen LogP contribution in [-0.4, -0.2) is 56.6 Å². The van der Waals surface area contributed by atoms with Gasteiger partial charge in [0.2, 0.25) is 0 Å². The smallest absolute Gasteiger partial charge is 0.257 e. The summed E-state index contributed by atoms with van der Waals surface area (Å²) in [5, 5.41) is 17.0. The highest BCUT2D eigenvalue weighted by Crippen LogP contribution is 2.34. The lowest BCUT2D eigenvalue weighted by Gasteiger charge is -2.51. The fourth-order valence-electron chi connectivity index (χ4n) is 4.49. The number of hydrogen-bond acceptors (Lipinski definition) is 5. The van der Waals surface area contributed by atoms with E-state index in [1.807, 2.05) is 22.6 Å². The minimum atomic E-state index is -0.996. The molecule has 4 heterocycles. The third-order valence-electron chi connectivity index (χ3n) is 6.22. The zero-order valence-corrected chi connectivity index (χ0v) is 19.3. The highest BCUT2D eigenvalue weighted by atomic mass is 127. The van der Waals surface area contributed by atoms with Crippen LogP contribution in [0.5, 0.6) is 0 Å². The molecule has 0 saturated carbocycles. The number of imidazole rings is 1. The molecule has 0 radical (unpaired) electrons. The van der Waals surface area contributed by atoms with Gasteiger partial charge in [0.25, 0.3) is 5.91 Å². The van der Waals surface area contributed by atoms with Crippen LogP contribution in [0.15, 0.2) is 36.8 Å². The molecule has 3 aromatic rings. The van der Waals surface area contributed by atoms with Gasteiger partial charge >= 0.3 is 0 Å². The molecule has 7 nitrogen and oxygen atoms in total. The van der Waals surface area contributed by atoms with E-state index in [9.17, 15) is 14.3 Å². The van der Waals surface area contributed by atoms with Gasteiger partial charge in [0.05, 0.1) is 30.0 Å². The van der Waals surface area contributed by atoms with E-state index in [1.165, 1.54) is 33.8 Å². The molecule has 1 amide bonds. The van der Waals surface area contributed by atoms with Gasteiger partial charge in [0, 0.05) is 28.2 Å². The summed E-state index contributed by atoms with van der Waals surface area (Å²) in [6.07, 6.45) is 7.42. The molecule has 168 valence electrons. The number of likely N-dealkylation sites (tertiary alicyclic amines) is 1. The van der Waals surface area contributed by atoms with Crippen LogP contribution in [0.4, 0.5) is 20.2 Å². The fraction of sp³-hybridized carbons (Fsp3) is 0.364. The van der Waals surface area contributed by atoms with Crippen LogP contribution in [0, 0.1) is 15.2 Å². The van der Waals surface area contributed by atoms with Crippen molar-refractivity contribution < 1.29 is 18.7 Å². The molecule has 10 heteroatoms. The number of hydrogen-bond donors (Lipinski definition) is 3. The molecule has 5 rings (SSSR count). The zero-order valence-electron chi connectivity index (χ0n) is 17.1. The molecule has 2 aromatic heterocycles. The molecule has 2 aliphatic heterocycles. The molecule has 2 saturated heterocycles. The summed E-state index contributed by atoms with van der Waals surface area (Å²) in [5.74, 6) is -1.74. The Morgan fingerprint density at radius 3 is 2.84 bits per heavy atom. The van der Waals surface area contributed by atoms with Crippen molar-refractivity contribution in [2.24, 2.45) is 0 Å². The molecule has 2 fully saturated rings. The lowest BCUT2D eigenvalue weighted by Crippen LogP contribution is -2.72. The Morgan fingerprint density at radius 2 is 2.12 bits per heavy atom. The van der Waals surface area contributed by atoms with Gasteiger partial charge in [0.15, 0.2) is 11.5 Å². The van der Waals surface area contributed by atoms with E-state index in [2.05, 4.69) is 15.6 Å². The first kappa shape index (κ1) is 21.5. The molecular formula is C22H22F2IN5O2. The van der Waals surface area contributed by atoms with Crippen LogP contribution in [0.2, 0.25) is 0 Å². The number of anilines is 2. The second-order valence-electron chi connectivity index (χ2n) is 8.41. The lowest BCUT2D eigenvalue weighted by atomic mass is 9.81. The number of nitrogens with zero attached hydrogens (tertiary/aromatic N) is 3. The SMILES string of the molecule is O=C(c1cn2ccnc2c(F)c1Nc1ccc(I)cc1F)N1CC(O)([C@@H]2CCCCN2)C1. The Morgan fingerprint density at radius 1 is 1.31 bits per heavy atom. The maximum atomic E-state index is 15.3. The molecule has 0 unspecified atom stereocenters. The predicted octanol–water partition coefficient (Wildman–Crippen LogP) is 3.29. The first-order valence-electron chi connectivity index (χ1n) is 10.5. The number of piperidine rings is 1. The summed E-state index contributed by atoms with van der Waals surface area (Å²) in [6.45, 7) is 1.16. The number of benzene rings is 1. The largest absolute Gasteiger partial charge is 0.385 e. The van der Waals surface area contributed by atoms with E-state index >= 15 is 4.39 Å². The van der Waals surface area contributed by atoms with E-state index in [-0.39, 0.29) is 41.7 Å². The number of rotatable bonds is 4. The lowest BCUT2D eigenvalue weighted by molar-refractivity contribution is -0.108. The average Bonchev–Trinajstić information content (AvgIpc) is 3.24. The fourth-order valence-corrected chi connectivity index (χ4v) is 4.94. The van der Waals surface area contributed by atoms with E-state index in [1.54, 1.807) is 12.3 Å². The van der Waals surface area contributed by atoms with E-state index in [4.69, 9.17) is 0 Å². The highest BCUT2D eigenvalue weighted by molar-refractivity contribution is 14.1. The monoisotopic (exact) mass is 553 g/mol. The number of halogens is 3. The molecule has 2 aliphatic rings. The van der Waals surface area contributed by atoms with Gasteiger partial charge in [-0.3, -0.25) is 4.79 Å². The second kappa shape index (κ2) is 8.23. The average molecular weight is 553 g/mol. The predicted molar refractivity (Wildman–Crippen MR) is 124 cm³/mol. The van der Waals surface area contributed by atoms with Gasteiger partial charge in [-0.2, -0.15) is 0 Å². The first-order valence-corrected chi connectivity index (χ1v) is 11.6. The van der Waals surface area contributed by atoms with Crippen molar-refractivity contribution in [3.8, 4) is 0 Å². The standard InChI is InChI=1S/C22H22F2IN5O2/c23-15-9-13(25)4-5-16(15)28-19-14(10-29-8-7-27-20(29)18(19)24)21(31)30-11-22(32,12-30)17-3-1-2-6-26-17/h4-5,7-10,17,26,28,32H,1-3,6,11-12H2/t17-/m0/s1. The Labute approximate surface area is 197 Å². The minimum absolute atomic E-state index is 0.0292. The van der Waals surface area contributed by atoms with Crippen molar-refractivity contribution in [1.82, 2.24) is 19.6 Å². The zero-order chi connectivity index (χ0) is 22.5. The summed E-state index contributed by atoms with van der Waals surface area (Å²) in [4.78, 5) is 18.8. The quantitative estimate of drug-likeness (QED) is 0.433. The Kier molecular flexibility index (Phi) is 5.54. The number of nitrogens with one attached hydrogen (secondary N) is 2. The molecule has 3 N–H and O–H groups in total. The van der Waals surface area contributed by atoms with Gasteiger partial charge in [-0.15, -0.1) is 0 Å². The van der Waals surface area contributed by atoms with E-state index in [0.717, 1.165) is 25.8 Å². The summed E-state index contributed by atoms with van der Waals surface area (Å²) in [5.41, 5.74) is -1.00. The van der Waals surface area contributed by atoms with E-state index < -0.39 is 23.1 Å². The van der Waals surface area contributed by atoms with Gasteiger partial charge < -0.3 is 25.0 Å². The number of aromatic nitrogens is 2. The van der Waals surface area contributed by atoms with Crippen molar-refractivity contribution >= 4 is 45.5 Å². The van der Waals surface area contributed by atoms with Crippen molar-refractivity contribution in [3.05, 3.63) is 57.6 Å². The Hall–Kier alpha value is -2.31. The van der Waals surface area contributed by atoms with Crippen LogP contribution >= 0.6 is 22.6 Å². The topological polar surface area (TPSA) is 81.9 Å². The van der Waals surface area contributed by atoms with Gasteiger partial charge in [-0.05, 0) is 60.2 Å². The molecule has 0 aliphatic carbocycles. The number of carbonyl (C=O) groups is 1. The third-order valence-corrected chi connectivity index (χ3v) is 6.89. The molecule has 0 bridgehead atoms. The maximum absolute atomic E-state index is 15.3. The summed E-state index contributed by atoms with van der Waals surface area (Å²) in [6, 6.07) is 4.44. The Bertz CT molecular complexity index is 1190. The van der Waals surface area contributed by atoms with Crippen molar-refractivity contribution in [2.45, 2.75) is 30.9 Å². The van der Waals surface area contributed by atoms with Gasteiger partial charge in [0.1, 0.15) is 11.4 Å². The van der Waals surface area contributed by atoms with Crippen molar-refractivity contribution in [3.63, 3.8) is 0 Å². The van der Waals surface area contributed by atoms with Gasteiger partial charge in [-0.1, -0.05) is 6.42 Å². The minimum Gasteiger partial charge on any atom is -0.385 e. The normalized spacial score (nSPS) is 20.2. The summed E-state index contributed by atoms with van der Waals surface area (Å²) in [7, 11) is 0. The Balaban J connectivity index is 1.46. The number of aliphatic hydroxyl groups is 1. The van der Waals surface area contributed by atoms with Crippen LogP contribution in [0.1, 0.15) is 29.6 Å². The van der Waals surface area contributed by atoms with Crippen LogP contribution < -0.4 is 10.6 Å². The molecule has 1 aromatic carbocycles. The number of fused-ring (bicyclic) bond motifs is 1. The molecule has 1 atom stereocenters. The molecule has 32 heavy (non-hydrogen) atoms. The number of amides is 1. The third kappa shape index (κ3) is 3.73. The number of pyridine rings is 1. The highest BCUT2D eigenvalue weighted by Gasteiger charge is 2.49. The molecule has 0 spiro atoms. The van der Waals surface area contributed by atoms with Gasteiger partial charge in [-0.25, -0.2) is 13.8 Å². The van der Waals surface area contributed by atoms with Crippen molar-refractivity contribution in [1.29, 1.82) is 0 Å². The summed E-state index contributed by atoms with van der Waals surface area (Å²) >= 11 is 1.99. The van der Waals surface area contributed by atoms with Crippen LogP contribution in [0.25, 0.3) is 5.65 Å². The molecular weight excluding hydrogens is 531 g/mol. The van der Waals surface area contributed by atoms with E-state index in [0.29, 0.717) is 3.57 Å². The van der Waals surface area contributed by atoms with Crippen LogP contribution in [0.3, 0.4) is 0 Å². The van der Waals surface area contributed by atoms with Crippen molar-refractivity contribution in [2.75, 3.05) is 25.0 Å². The first-order chi connectivity index (χ1) is 15.4. The number of β-amino-alcohol motifs (C(OH)–C–C–N with tert-alkyl or cyclic N) is 1. The summed E-state index contributed by atoms with van der Waals surface area (Å²) < 4.78 is 31.9.